The van der Waals surface area contributed by atoms with Crippen LogP contribution in [0, 0.1) is 0 Å². The number of para-hydroxylation sites is 6. The molecule has 0 saturated carbocycles. The van der Waals surface area contributed by atoms with E-state index in [0.29, 0.717) is 0 Å². The maximum absolute atomic E-state index is 5.44. The van der Waals surface area contributed by atoms with Crippen LogP contribution in [0.4, 0.5) is 0 Å². The summed E-state index contributed by atoms with van der Waals surface area (Å²) >= 11 is 1.70. The summed E-state index contributed by atoms with van der Waals surface area (Å²) in [6.07, 6.45) is 1.96. The molecule has 0 N–H and O–H groups in total. The highest BCUT2D eigenvalue weighted by molar-refractivity contribution is 7.25. The summed E-state index contributed by atoms with van der Waals surface area (Å²) in [5.41, 5.74) is 13.6. The van der Waals surface area contributed by atoms with Crippen LogP contribution in [0.2, 0.25) is 0 Å². The molecule has 6 aromatic heterocycles. The fourth-order valence-electron chi connectivity index (χ4n) is 10.9. The summed E-state index contributed by atoms with van der Waals surface area (Å²) in [6, 6.07) is 72.6. The highest BCUT2D eigenvalue weighted by Crippen LogP contribution is 2.43. The van der Waals surface area contributed by atoms with Gasteiger partial charge in [0.2, 0.25) is 0 Å². The molecular weight excluding hydrogens is 813 g/mol. The summed E-state index contributed by atoms with van der Waals surface area (Å²) in [5, 5.41) is 10.8. The number of thiophene rings is 1. The summed E-state index contributed by atoms with van der Waals surface area (Å²) in [4.78, 5) is 11.6. The van der Waals surface area contributed by atoms with Gasteiger partial charge in [-0.05, 0) is 91.0 Å². The Hall–Kier alpha value is -8.52. The SMILES string of the molecule is c1ccc(-n2c3ccccc3c3cc4c(cc32)c2ccccc2n4-c2ccc3sc4nc(-n5c6ccccc6c6cc7c(cc65)c5ccccc5n7-c5ccccc5)cnc4c3c2)cc1. The van der Waals surface area contributed by atoms with Gasteiger partial charge in [0.15, 0.2) is 5.82 Å². The molecule has 0 spiro atoms. The van der Waals surface area contributed by atoms with Crippen LogP contribution in [0.3, 0.4) is 0 Å². The highest BCUT2D eigenvalue weighted by Gasteiger charge is 2.22. The van der Waals surface area contributed by atoms with Crippen LogP contribution in [-0.2, 0) is 0 Å². The predicted octanol–water partition coefficient (Wildman–Crippen LogP) is 15.2. The normalized spacial score (nSPS) is 12.3. The van der Waals surface area contributed by atoms with E-state index in [-0.39, 0.29) is 0 Å². The van der Waals surface area contributed by atoms with Gasteiger partial charge in [0, 0.05) is 70.2 Å². The van der Waals surface area contributed by atoms with Gasteiger partial charge in [-0.1, -0.05) is 109 Å². The molecule has 15 rings (SSSR count). The lowest BCUT2D eigenvalue weighted by molar-refractivity contribution is 1.08. The van der Waals surface area contributed by atoms with Crippen molar-refractivity contribution in [1.29, 1.82) is 0 Å². The summed E-state index contributed by atoms with van der Waals surface area (Å²) < 4.78 is 10.7. The van der Waals surface area contributed by atoms with Crippen molar-refractivity contribution >= 4 is 119 Å². The molecule has 0 bridgehead atoms. The maximum atomic E-state index is 5.44. The van der Waals surface area contributed by atoms with Crippen molar-refractivity contribution in [2.45, 2.75) is 0 Å². The van der Waals surface area contributed by atoms with E-state index < -0.39 is 0 Å². The van der Waals surface area contributed by atoms with Crippen LogP contribution in [-0.4, -0.2) is 28.2 Å². The molecule has 0 aliphatic carbocycles. The van der Waals surface area contributed by atoms with Crippen LogP contribution in [0.25, 0.3) is 131 Å². The third-order valence-corrected chi connectivity index (χ3v) is 14.7. The van der Waals surface area contributed by atoms with Crippen molar-refractivity contribution < 1.29 is 0 Å². The molecule has 0 aliphatic rings. The van der Waals surface area contributed by atoms with E-state index in [1.54, 1.807) is 11.3 Å². The van der Waals surface area contributed by atoms with Crippen LogP contribution in [0.15, 0.2) is 206 Å². The molecule has 0 radical (unpaired) electrons. The molecule has 6 heterocycles. The largest absolute Gasteiger partial charge is 0.309 e. The molecule has 0 fully saturated rings. The lowest BCUT2D eigenvalue weighted by Crippen LogP contribution is -1.98. The van der Waals surface area contributed by atoms with Gasteiger partial charge in [-0.2, -0.15) is 0 Å². The number of fused-ring (bicyclic) bond motifs is 15. The van der Waals surface area contributed by atoms with Gasteiger partial charge in [0.25, 0.3) is 0 Å². The average molecular weight is 847 g/mol. The molecule has 7 heteroatoms. The van der Waals surface area contributed by atoms with Crippen LogP contribution in [0.5, 0.6) is 0 Å². The van der Waals surface area contributed by atoms with Crippen molar-refractivity contribution in [3.63, 3.8) is 0 Å². The van der Waals surface area contributed by atoms with E-state index in [1.165, 1.54) is 76.2 Å². The second kappa shape index (κ2) is 13.0. The number of nitrogens with zero attached hydrogens (tertiary/aromatic N) is 6. The van der Waals surface area contributed by atoms with Crippen LogP contribution >= 0.6 is 11.3 Å². The first-order chi connectivity index (χ1) is 32.2. The van der Waals surface area contributed by atoms with E-state index in [1.807, 2.05) is 6.20 Å². The summed E-state index contributed by atoms with van der Waals surface area (Å²) in [6.45, 7) is 0. The Bertz CT molecular complexity index is 4470. The van der Waals surface area contributed by atoms with Crippen molar-refractivity contribution in [2.24, 2.45) is 0 Å². The number of hydrogen-bond acceptors (Lipinski definition) is 3. The average Bonchev–Trinajstić information content (AvgIpc) is 4.15. The summed E-state index contributed by atoms with van der Waals surface area (Å²) in [5.74, 6) is 0.808. The molecule has 6 nitrogen and oxygen atoms in total. The zero-order valence-electron chi connectivity index (χ0n) is 34.7. The molecule has 0 saturated heterocycles. The van der Waals surface area contributed by atoms with E-state index in [0.717, 1.165) is 54.3 Å². The molecule has 9 aromatic carbocycles. The lowest BCUT2D eigenvalue weighted by Gasteiger charge is -2.09. The van der Waals surface area contributed by atoms with Crippen molar-refractivity contribution in [2.75, 3.05) is 0 Å². The minimum absolute atomic E-state index is 0.808. The van der Waals surface area contributed by atoms with Gasteiger partial charge in [-0.3, -0.25) is 4.57 Å². The monoisotopic (exact) mass is 846 g/mol. The third kappa shape index (κ3) is 4.82. The first kappa shape index (κ1) is 35.0. The van der Waals surface area contributed by atoms with Crippen molar-refractivity contribution in [1.82, 2.24) is 28.2 Å². The van der Waals surface area contributed by atoms with Gasteiger partial charge < -0.3 is 13.7 Å². The van der Waals surface area contributed by atoms with E-state index in [9.17, 15) is 0 Å². The fraction of sp³-hybridized carbons (Fsp3) is 0. The van der Waals surface area contributed by atoms with Crippen molar-refractivity contribution in [3.05, 3.63) is 206 Å². The second-order valence-electron chi connectivity index (χ2n) is 17.0. The number of rotatable bonds is 4. The zero-order chi connectivity index (χ0) is 42.3. The number of benzene rings is 9. The minimum Gasteiger partial charge on any atom is -0.309 e. The first-order valence-electron chi connectivity index (χ1n) is 22.0. The Morgan fingerprint density at radius 1 is 0.308 bits per heavy atom. The second-order valence-corrected chi connectivity index (χ2v) is 18.0. The topological polar surface area (TPSA) is 45.5 Å². The van der Waals surface area contributed by atoms with Crippen LogP contribution < -0.4 is 0 Å². The van der Waals surface area contributed by atoms with Crippen LogP contribution in [0.1, 0.15) is 0 Å². The smallest absolute Gasteiger partial charge is 0.157 e. The molecule has 0 aliphatic heterocycles. The van der Waals surface area contributed by atoms with Gasteiger partial charge in [0.05, 0.1) is 50.3 Å². The zero-order valence-corrected chi connectivity index (χ0v) is 35.5. The Morgan fingerprint density at radius 3 is 1.18 bits per heavy atom. The quantitative estimate of drug-likeness (QED) is 0.177. The molecule has 0 amide bonds. The third-order valence-electron chi connectivity index (χ3n) is 13.6. The lowest BCUT2D eigenvalue weighted by atomic mass is 10.1. The Labute approximate surface area is 374 Å². The number of aromatic nitrogens is 6. The van der Waals surface area contributed by atoms with E-state index >= 15 is 0 Å². The Morgan fingerprint density at radius 2 is 0.708 bits per heavy atom. The molecule has 15 aromatic rings. The van der Waals surface area contributed by atoms with Gasteiger partial charge >= 0.3 is 0 Å². The highest BCUT2D eigenvalue weighted by atomic mass is 32.1. The predicted molar refractivity (Wildman–Crippen MR) is 272 cm³/mol. The Kier molecular flexibility index (Phi) is 7.01. The van der Waals surface area contributed by atoms with Gasteiger partial charge in [-0.25, -0.2) is 9.97 Å². The van der Waals surface area contributed by atoms with Gasteiger partial charge in [-0.15, -0.1) is 11.3 Å². The molecule has 302 valence electrons. The van der Waals surface area contributed by atoms with E-state index in [2.05, 4.69) is 218 Å². The maximum Gasteiger partial charge on any atom is 0.157 e. The standard InChI is InChI=1S/C58H34N6S/c1-3-15-35(16-4-1)61-47-23-11-7-19-38(47)42-31-53-43(30-51(42)61)40-21-9-13-25-49(40)63(53)37-27-28-55-46(29-37)57-58(65-55)60-56(34-59-57)64-50-26-14-10-22-41(50)45-32-52-44(33-54(45)64)39-20-8-12-24-48(39)62(52)36-17-5-2-6-18-36/h1-34H. The van der Waals surface area contributed by atoms with Gasteiger partial charge in [0.1, 0.15) is 10.3 Å². The summed E-state index contributed by atoms with van der Waals surface area (Å²) in [7, 11) is 0. The molecular formula is C58H34N6S. The minimum atomic E-state index is 0.808. The molecule has 65 heavy (non-hydrogen) atoms. The molecule has 0 atom stereocenters. The number of hydrogen-bond donors (Lipinski definition) is 0. The molecule has 0 unspecified atom stereocenters. The Balaban J connectivity index is 0.927. The van der Waals surface area contributed by atoms with Crippen molar-refractivity contribution in [3.8, 4) is 22.9 Å². The van der Waals surface area contributed by atoms with E-state index in [4.69, 9.17) is 9.97 Å². The first-order valence-corrected chi connectivity index (χ1v) is 22.8. The fourth-order valence-corrected chi connectivity index (χ4v) is 11.9.